The van der Waals surface area contributed by atoms with Gasteiger partial charge in [-0.15, -0.1) is 0 Å². The predicted molar refractivity (Wildman–Crippen MR) is 126 cm³/mol. The monoisotopic (exact) mass is 467 g/mol. The van der Waals surface area contributed by atoms with Gasteiger partial charge in [0.2, 0.25) is 0 Å². The van der Waals surface area contributed by atoms with Crippen LogP contribution in [0.1, 0.15) is 50.9 Å². The highest BCUT2D eigenvalue weighted by Gasteiger charge is 2.34. The number of aromatic amines is 1. The van der Waals surface area contributed by atoms with Crippen molar-refractivity contribution in [2.75, 3.05) is 12.3 Å². The number of nitrogens with one attached hydrogen (secondary N) is 1. The van der Waals surface area contributed by atoms with Gasteiger partial charge in [0.25, 0.3) is 17.4 Å². The third kappa shape index (κ3) is 4.64. The number of H-pyrrole nitrogens is 1. The van der Waals surface area contributed by atoms with Gasteiger partial charge in [-0.3, -0.25) is 19.3 Å². The molecule has 0 radical (unpaired) electrons. The number of carbonyl (C=O) groups excluding carboxylic acids is 2. The largest absolute Gasteiger partial charge is 0.301 e. The Kier molecular flexibility index (Phi) is 6.77. The number of rotatable bonds is 8. The van der Waals surface area contributed by atoms with Gasteiger partial charge in [0.05, 0.1) is 16.8 Å². The topological polar surface area (TPSA) is 83.1 Å². The molecule has 0 aliphatic carbocycles. The van der Waals surface area contributed by atoms with Crippen LogP contribution in [0.3, 0.4) is 0 Å². The molecular weight excluding hydrogens is 446 g/mol. The van der Waals surface area contributed by atoms with E-state index in [-0.39, 0.29) is 17.4 Å². The first-order valence-corrected chi connectivity index (χ1v) is 11.8. The third-order valence-electron chi connectivity index (χ3n) is 5.36. The molecule has 0 unspecified atom stereocenters. The van der Waals surface area contributed by atoms with E-state index in [2.05, 4.69) is 9.97 Å². The van der Waals surface area contributed by atoms with Gasteiger partial charge in [0.1, 0.15) is 0 Å². The summed E-state index contributed by atoms with van der Waals surface area (Å²) in [5.41, 5.74) is 3.24. The summed E-state index contributed by atoms with van der Waals surface area (Å²) < 4.78 is 0. The zero-order valence-corrected chi connectivity index (χ0v) is 19.1. The predicted octanol–water partition coefficient (Wildman–Crippen LogP) is 4.35. The Morgan fingerprint density at radius 2 is 1.66 bits per heavy atom. The smallest absolute Gasteiger partial charge is 0.261 e. The molecule has 0 spiro atoms. The zero-order chi connectivity index (χ0) is 22.7. The molecule has 8 heteroatoms. The maximum absolute atomic E-state index is 12.6. The third-order valence-corrected chi connectivity index (χ3v) is 6.57. The Hall–Kier alpha value is -2.90. The summed E-state index contributed by atoms with van der Waals surface area (Å²) in [6.07, 6.45) is 1.74. The fourth-order valence-electron chi connectivity index (χ4n) is 3.73. The first kappa shape index (κ1) is 22.3. The molecule has 6 nitrogen and oxygen atoms in total. The van der Waals surface area contributed by atoms with Gasteiger partial charge in [-0.1, -0.05) is 54.6 Å². The van der Waals surface area contributed by atoms with Crippen molar-refractivity contribution in [1.29, 1.82) is 0 Å². The Labute approximate surface area is 195 Å². The lowest BCUT2D eigenvalue weighted by atomic mass is 10.0. The molecule has 1 aliphatic heterocycles. The maximum atomic E-state index is 12.6. The lowest BCUT2D eigenvalue weighted by Crippen LogP contribution is -2.31. The second-order valence-electron chi connectivity index (χ2n) is 7.46. The van der Waals surface area contributed by atoms with E-state index in [0.29, 0.717) is 58.4 Å². The molecule has 0 saturated heterocycles. The lowest BCUT2D eigenvalue weighted by Gasteiger charge is -2.13. The molecule has 4 rings (SSSR count). The molecule has 0 saturated carbocycles. The summed E-state index contributed by atoms with van der Waals surface area (Å²) in [5.74, 6) is 0.113. The molecule has 164 valence electrons. The molecule has 1 aliphatic rings. The van der Waals surface area contributed by atoms with Gasteiger partial charge < -0.3 is 4.98 Å². The summed E-state index contributed by atoms with van der Waals surface area (Å²) >= 11 is 7.38. The molecule has 0 fully saturated rings. The molecule has 2 aromatic carbocycles. The number of hydrogen-bond donors (Lipinski definition) is 1. The molecule has 0 atom stereocenters. The standard InChI is InChI=1S/C24H22ClN3O3S/c1-2-17-20(14-15-8-10-16(25)11-9-15)26-24(27-21(17)29)32-13-5-12-28-22(30)18-6-3-4-7-19(18)23(28)31/h3-4,6-11H,2,5,12-14H2,1H3,(H,26,27,29). The van der Waals surface area contributed by atoms with Crippen LogP contribution in [0.15, 0.2) is 58.5 Å². The highest BCUT2D eigenvalue weighted by molar-refractivity contribution is 7.99. The van der Waals surface area contributed by atoms with Crippen molar-refractivity contribution in [2.24, 2.45) is 0 Å². The number of hydrogen-bond acceptors (Lipinski definition) is 5. The average Bonchev–Trinajstić information content (AvgIpc) is 3.03. The molecule has 1 aromatic heterocycles. The normalized spacial score (nSPS) is 13.0. The van der Waals surface area contributed by atoms with E-state index in [1.165, 1.54) is 16.7 Å². The van der Waals surface area contributed by atoms with Crippen molar-refractivity contribution >= 4 is 35.2 Å². The Morgan fingerprint density at radius 3 is 2.28 bits per heavy atom. The molecule has 32 heavy (non-hydrogen) atoms. The summed E-state index contributed by atoms with van der Waals surface area (Å²) in [4.78, 5) is 46.3. The van der Waals surface area contributed by atoms with E-state index < -0.39 is 0 Å². The highest BCUT2D eigenvalue weighted by atomic mass is 35.5. The van der Waals surface area contributed by atoms with Crippen LogP contribution in [-0.4, -0.2) is 39.0 Å². The first-order chi connectivity index (χ1) is 15.5. The Bertz CT molecular complexity index is 1190. The number of halogens is 1. The molecule has 3 aromatic rings. The van der Waals surface area contributed by atoms with Crippen LogP contribution in [0.25, 0.3) is 0 Å². The highest BCUT2D eigenvalue weighted by Crippen LogP contribution is 2.23. The van der Waals surface area contributed by atoms with Crippen LogP contribution in [0.2, 0.25) is 5.02 Å². The van der Waals surface area contributed by atoms with E-state index in [1.54, 1.807) is 24.3 Å². The van der Waals surface area contributed by atoms with Gasteiger partial charge in [-0.25, -0.2) is 4.98 Å². The SMILES string of the molecule is CCc1c(Cc2ccc(Cl)cc2)nc(SCCCN2C(=O)c3ccccc3C2=O)[nH]c1=O. The number of fused-ring (bicyclic) bond motifs is 1. The van der Waals surface area contributed by atoms with Crippen LogP contribution >= 0.6 is 23.4 Å². The number of thioether (sulfide) groups is 1. The Balaban J connectivity index is 1.40. The minimum absolute atomic E-state index is 0.130. The minimum atomic E-state index is -0.250. The summed E-state index contributed by atoms with van der Waals surface area (Å²) in [6, 6.07) is 14.4. The van der Waals surface area contributed by atoms with Gasteiger partial charge in [-0.05, 0) is 42.7 Å². The number of benzene rings is 2. The second kappa shape index (κ2) is 9.71. The van der Waals surface area contributed by atoms with Crippen molar-refractivity contribution in [3.8, 4) is 0 Å². The fraction of sp³-hybridized carbons (Fsp3) is 0.250. The van der Waals surface area contributed by atoms with Crippen molar-refractivity contribution < 1.29 is 9.59 Å². The van der Waals surface area contributed by atoms with Crippen molar-refractivity contribution in [3.05, 3.63) is 91.9 Å². The van der Waals surface area contributed by atoms with Gasteiger partial charge in [-0.2, -0.15) is 0 Å². The molecule has 1 N–H and O–H groups in total. The van der Waals surface area contributed by atoms with Crippen LogP contribution in [-0.2, 0) is 12.8 Å². The van der Waals surface area contributed by atoms with E-state index in [0.717, 1.165) is 11.3 Å². The fourth-order valence-corrected chi connectivity index (χ4v) is 4.66. The molecule has 2 heterocycles. The van der Waals surface area contributed by atoms with E-state index in [9.17, 15) is 14.4 Å². The molecular formula is C24H22ClN3O3S. The van der Waals surface area contributed by atoms with Crippen LogP contribution < -0.4 is 5.56 Å². The number of aromatic nitrogens is 2. The maximum Gasteiger partial charge on any atom is 0.261 e. The van der Waals surface area contributed by atoms with E-state index >= 15 is 0 Å². The van der Waals surface area contributed by atoms with Crippen molar-refractivity contribution in [1.82, 2.24) is 14.9 Å². The van der Waals surface area contributed by atoms with Crippen LogP contribution in [0, 0.1) is 0 Å². The Morgan fingerprint density at radius 1 is 1.00 bits per heavy atom. The lowest BCUT2D eigenvalue weighted by molar-refractivity contribution is 0.0655. The summed E-state index contributed by atoms with van der Waals surface area (Å²) in [6.45, 7) is 2.26. The van der Waals surface area contributed by atoms with Crippen molar-refractivity contribution in [2.45, 2.75) is 31.3 Å². The number of imide groups is 1. The minimum Gasteiger partial charge on any atom is -0.301 e. The quantitative estimate of drug-likeness (QED) is 0.230. The van der Waals surface area contributed by atoms with Crippen LogP contribution in [0.5, 0.6) is 0 Å². The van der Waals surface area contributed by atoms with Crippen LogP contribution in [0.4, 0.5) is 0 Å². The number of nitrogens with zero attached hydrogens (tertiary/aromatic N) is 2. The summed E-state index contributed by atoms with van der Waals surface area (Å²) in [5, 5.41) is 1.20. The van der Waals surface area contributed by atoms with Gasteiger partial charge in [0.15, 0.2) is 5.16 Å². The second-order valence-corrected chi connectivity index (χ2v) is 8.98. The molecule has 2 amide bonds. The van der Waals surface area contributed by atoms with Crippen molar-refractivity contribution in [3.63, 3.8) is 0 Å². The zero-order valence-electron chi connectivity index (χ0n) is 17.6. The molecule has 0 bridgehead atoms. The first-order valence-electron chi connectivity index (χ1n) is 10.4. The number of amides is 2. The van der Waals surface area contributed by atoms with Gasteiger partial charge in [0, 0.05) is 29.3 Å². The van der Waals surface area contributed by atoms with Gasteiger partial charge >= 0.3 is 0 Å². The number of carbonyl (C=O) groups is 2. The van der Waals surface area contributed by atoms with E-state index in [1.807, 2.05) is 31.2 Å². The van der Waals surface area contributed by atoms with E-state index in [4.69, 9.17) is 11.6 Å². The average molecular weight is 468 g/mol. The summed E-state index contributed by atoms with van der Waals surface area (Å²) in [7, 11) is 0.